The van der Waals surface area contributed by atoms with Gasteiger partial charge in [0.2, 0.25) is 5.91 Å². The Bertz CT molecular complexity index is 501. The fraction of sp³-hybridized carbons (Fsp3) is 0.588. The number of amides is 1. The summed E-state index contributed by atoms with van der Waals surface area (Å²) in [6, 6.07) is 10.8. The largest absolute Gasteiger partial charge is 0.318 e. The predicted octanol–water partition coefficient (Wildman–Crippen LogP) is 3.08. The van der Waals surface area contributed by atoms with Crippen LogP contribution in [-0.4, -0.2) is 22.4 Å². The van der Waals surface area contributed by atoms with Crippen molar-refractivity contribution in [2.45, 2.75) is 57.8 Å². The van der Waals surface area contributed by atoms with Crippen LogP contribution in [0.25, 0.3) is 0 Å². The standard InChI is InChI=1S/C17H24N2O/c1-4-12-11-14(12)19-15(13-9-7-6-8-10-13)18-17(3,5-2)16(19)20/h6-10,12,14-15,18H,4-5,11H2,1-3H3. The molecule has 1 heterocycles. The molecule has 1 saturated heterocycles. The van der Waals surface area contributed by atoms with Gasteiger partial charge in [-0.25, -0.2) is 0 Å². The van der Waals surface area contributed by atoms with E-state index in [2.05, 4.69) is 36.2 Å². The van der Waals surface area contributed by atoms with E-state index in [0.29, 0.717) is 12.0 Å². The summed E-state index contributed by atoms with van der Waals surface area (Å²) in [4.78, 5) is 15.0. The van der Waals surface area contributed by atoms with Gasteiger partial charge in [-0.1, -0.05) is 50.6 Å². The highest BCUT2D eigenvalue weighted by molar-refractivity contribution is 5.89. The van der Waals surface area contributed by atoms with Crippen molar-refractivity contribution in [1.29, 1.82) is 0 Å². The lowest BCUT2D eigenvalue weighted by molar-refractivity contribution is -0.133. The Labute approximate surface area is 121 Å². The molecule has 0 aromatic heterocycles. The van der Waals surface area contributed by atoms with Gasteiger partial charge in [0.05, 0.1) is 5.54 Å². The van der Waals surface area contributed by atoms with Gasteiger partial charge in [0, 0.05) is 6.04 Å². The van der Waals surface area contributed by atoms with Gasteiger partial charge in [-0.3, -0.25) is 10.1 Å². The third-order valence-electron chi connectivity index (χ3n) is 5.03. The number of hydrogen-bond acceptors (Lipinski definition) is 2. The lowest BCUT2D eigenvalue weighted by Crippen LogP contribution is -2.43. The molecule has 3 nitrogen and oxygen atoms in total. The Morgan fingerprint density at radius 3 is 2.55 bits per heavy atom. The molecular formula is C17H24N2O. The molecule has 1 aliphatic carbocycles. The zero-order valence-corrected chi connectivity index (χ0v) is 12.6. The maximum absolute atomic E-state index is 12.8. The molecule has 2 fully saturated rings. The summed E-state index contributed by atoms with van der Waals surface area (Å²) >= 11 is 0. The molecule has 3 heteroatoms. The fourth-order valence-electron chi connectivity index (χ4n) is 3.32. The van der Waals surface area contributed by atoms with Crippen LogP contribution in [0.5, 0.6) is 0 Å². The smallest absolute Gasteiger partial charge is 0.244 e. The fourth-order valence-corrected chi connectivity index (χ4v) is 3.32. The minimum absolute atomic E-state index is 0.0372. The second kappa shape index (κ2) is 4.88. The molecule has 3 rings (SSSR count). The van der Waals surface area contributed by atoms with Crippen LogP contribution in [0, 0.1) is 5.92 Å². The van der Waals surface area contributed by atoms with Gasteiger partial charge in [0.15, 0.2) is 0 Å². The van der Waals surface area contributed by atoms with Crippen LogP contribution in [0.4, 0.5) is 0 Å². The summed E-state index contributed by atoms with van der Waals surface area (Å²) in [5.41, 5.74) is 0.779. The molecule has 1 aromatic rings. The van der Waals surface area contributed by atoms with Gasteiger partial charge in [-0.05, 0) is 31.2 Å². The van der Waals surface area contributed by atoms with Crippen molar-refractivity contribution in [3.8, 4) is 0 Å². The van der Waals surface area contributed by atoms with E-state index in [0.717, 1.165) is 12.8 Å². The number of nitrogens with zero attached hydrogens (tertiary/aromatic N) is 1. The van der Waals surface area contributed by atoms with E-state index in [9.17, 15) is 4.79 Å². The van der Waals surface area contributed by atoms with Crippen LogP contribution in [0.15, 0.2) is 30.3 Å². The molecule has 0 bridgehead atoms. The molecule has 1 aromatic carbocycles. The van der Waals surface area contributed by atoms with E-state index in [1.54, 1.807) is 0 Å². The molecule has 4 atom stereocenters. The summed E-state index contributed by atoms with van der Waals surface area (Å²) < 4.78 is 0. The molecule has 1 saturated carbocycles. The maximum Gasteiger partial charge on any atom is 0.244 e. The number of carbonyl (C=O) groups is 1. The van der Waals surface area contributed by atoms with Crippen molar-refractivity contribution in [2.75, 3.05) is 0 Å². The van der Waals surface area contributed by atoms with E-state index >= 15 is 0 Å². The van der Waals surface area contributed by atoms with Gasteiger partial charge in [-0.2, -0.15) is 0 Å². The second-order valence-corrected chi connectivity index (χ2v) is 6.33. The predicted molar refractivity (Wildman–Crippen MR) is 80.0 cm³/mol. The molecule has 0 spiro atoms. The van der Waals surface area contributed by atoms with Crippen LogP contribution in [0.3, 0.4) is 0 Å². The molecule has 1 N–H and O–H groups in total. The summed E-state index contributed by atoms with van der Waals surface area (Å²) in [6.07, 6.45) is 3.19. The Balaban J connectivity index is 1.93. The molecule has 20 heavy (non-hydrogen) atoms. The SMILES string of the molecule is CCC1CC1N1C(=O)C(C)(CC)NC1c1ccccc1. The lowest BCUT2D eigenvalue weighted by Gasteiger charge is -2.25. The molecule has 1 aliphatic heterocycles. The number of benzene rings is 1. The van der Waals surface area contributed by atoms with Crippen LogP contribution in [-0.2, 0) is 4.79 Å². The zero-order valence-electron chi connectivity index (χ0n) is 12.6. The van der Waals surface area contributed by atoms with Crippen LogP contribution >= 0.6 is 0 Å². The number of rotatable bonds is 4. The van der Waals surface area contributed by atoms with Crippen molar-refractivity contribution in [1.82, 2.24) is 10.2 Å². The number of hydrogen-bond donors (Lipinski definition) is 1. The van der Waals surface area contributed by atoms with Gasteiger partial charge >= 0.3 is 0 Å². The summed E-state index contributed by atoms with van der Waals surface area (Å²) in [7, 11) is 0. The summed E-state index contributed by atoms with van der Waals surface area (Å²) in [6.45, 7) is 6.34. The lowest BCUT2D eigenvalue weighted by atomic mass is 9.99. The zero-order chi connectivity index (χ0) is 14.3. The van der Waals surface area contributed by atoms with Crippen molar-refractivity contribution >= 4 is 5.91 Å². The Morgan fingerprint density at radius 1 is 1.30 bits per heavy atom. The van der Waals surface area contributed by atoms with E-state index in [1.807, 2.05) is 25.1 Å². The summed E-state index contributed by atoms with van der Waals surface area (Å²) in [5.74, 6) is 0.959. The topological polar surface area (TPSA) is 32.3 Å². The number of carbonyl (C=O) groups excluding carboxylic acids is 1. The molecule has 2 aliphatic rings. The first kappa shape index (κ1) is 13.6. The maximum atomic E-state index is 12.8. The first-order chi connectivity index (χ1) is 9.60. The third kappa shape index (κ3) is 2.05. The van der Waals surface area contributed by atoms with Crippen LogP contribution in [0.2, 0.25) is 0 Å². The third-order valence-corrected chi connectivity index (χ3v) is 5.03. The van der Waals surface area contributed by atoms with Crippen molar-refractivity contribution in [2.24, 2.45) is 5.92 Å². The first-order valence-corrected chi connectivity index (χ1v) is 7.76. The second-order valence-electron chi connectivity index (χ2n) is 6.33. The molecule has 1 amide bonds. The molecular weight excluding hydrogens is 248 g/mol. The van der Waals surface area contributed by atoms with Gasteiger partial charge < -0.3 is 4.90 Å². The van der Waals surface area contributed by atoms with Gasteiger partial charge in [0.25, 0.3) is 0 Å². The Kier molecular flexibility index (Phi) is 3.33. The van der Waals surface area contributed by atoms with Crippen molar-refractivity contribution < 1.29 is 4.79 Å². The highest BCUT2D eigenvalue weighted by Crippen LogP contribution is 2.46. The minimum Gasteiger partial charge on any atom is -0.318 e. The monoisotopic (exact) mass is 272 g/mol. The minimum atomic E-state index is -0.415. The normalized spacial score (nSPS) is 36.5. The molecule has 4 unspecified atom stereocenters. The highest BCUT2D eigenvalue weighted by Gasteiger charge is 2.55. The summed E-state index contributed by atoms with van der Waals surface area (Å²) in [5, 5.41) is 3.58. The number of nitrogens with one attached hydrogen (secondary N) is 1. The van der Waals surface area contributed by atoms with Crippen LogP contribution in [0.1, 0.15) is 51.8 Å². The molecule has 108 valence electrons. The first-order valence-electron chi connectivity index (χ1n) is 7.76. The van der Waals surface area contributed by atoms with Crippen molar-refractivity contribution in [3.05, 3.63) is 35.9 Å². The highest BCUT2D eigenvalue weighted by atomic mass is 16.2. The van der Waals surface area contributed by atoms with Crippen molar-refractivity contribution in [3.63, 3.8) is 0 Å². The molecule has 0 radical (unpaired) electrons. The van der Waals surface area contributed by atoms with Gasteiger partial charge in [0.1, 0.15) is 6.17 Å². The Hall–Kier alpha value is -1.35. The van der Waals surface area contributed by atoms with E-state index in [1.165, 1.54) is 12.0 Å². The average Bonchev–Trinajstić information content (AvgIpc) is 3.21. The average molecular weight is 272 g/mol. The van der Waals surface area contributed by atoms with Crippen LogP contribution < -0.4 is 5.32 Å². The van der Waals surface area contributed by atoms with Gasteiger partial charge in [-0.15, -0.1) is 0 Å². The van der Waals surface area contributed by atoms with E-state index < -0.39 is 5.54 Å². The quantitative estimate of drug-likeness (QED) is 0.913. The van der Waals surface area contributed by atoms with E-state index in [4.69, 9.17) is 0 Å². The Morgan fingerprint density at radius 2 is 2.00 bits per heavy atom. The van der Waals surface area contributed by atoms with E-state index in [-0.39, 0.29) is 12.1 Å².